The van der Waals surface area contributed by atoms with Crippen LogP contribution >= 0.6 is 22.9 Å². The summed E-state index contributed by atoms with van der Waals surface area (Å²) in [4.78, 5) is 19.5. The zero-order valence-electron chi connectivity index (χ0n) is 17.2. The molecule has 4 rings (SSSR count). The maximum absolute atomic E-state index is 13.2. The van der Waals surface area contributed by atoms with E-state index in [1.54, 1.807) is 24.1 Å². The first-order chi connectivity index (χ1) is 15.0. The second kappa shape index (κ2) is 9.37. The molecule has 0 atom stereocenters. The molecule has 0 N–H and O–H groups in total. The van der Waals surface area contributed by atoms with Gasteiger partial charge in [-0.3, -0.25) is 9.69 Å². The van der Waals surface area contributed by atoms with Crippen LogP contribution < -0.4 is 14.4 Å². The highest BCUT2D eigenvalue weighted by Gasteiger charge is 2.23. The Labute approximate surface area is 189 Å². The number of amides is 1. The van der Waals surface area contributed by atoms with Gasteiger partial charge in [0.15, 0.2) is 11.7 Å². The van der Waals surface area contributed by atoms with Gasteiger partial charge < -0.3 is 9.47 Å². The summed E-state index contributed by atoms with van der Waals surface area (Å²) in [6, 6.07) is 20.9. The Balaban J connectivity index is 1.66. The number of fused-ring (bicyclic) bond motifs is 1. The van der Waals surface area contributed by atoms with Crippen molar-refractivity contribution >= 4 is 44.2 Å². The summed E-state index contributed by atoms with van der Waals surface area (Å²) in [6.07, 6.45) is 0. The molecule has 0 spiro atoms. The van der Waals surface area contributed by atoms with E-state index in [9.17, 15) is 4.79 Å². The topological polar surface area (TPSA) is 51.7 Å². The van der Waals surface area contributed by atoms with E-state index in [1.165, 1.54) is 11.3 Å². The molecule has 3 aromatic carbocycles. The zero-order valence-corrected chi connectivity index (χ0v) is 18.7. The van der Waals surface area contributed by atoms with Crippen molar-refractivity contribution in [2.24, 2.45) is 0 Å². The lowest BCUT2D eigenvalue weighted by Gasteiger charge is -2.20. The number of methoxy groups -OCH3 is 1. The summed E-state index contributed by atoms with van der Waals surface area (Å²) < 4.78 is 12.0. The quantitative estimate of drug-likeness (QED) is 0.351. The van der Waals surface area contributed by atoms with Gasteiger partial charge in [-0.25, -0.2) is 4.98 Å². The van der Waals surface area contributed by atoms with Crippen molar-refractivity contribution in [2.45, 2.75) is 13.5 Å². The normalized spacial score (nSPS) is 10.8. The molecule has 0 saturated carbocycles. The second-order valence-electron chi connectivity index (χ2n) is 6.99. The molecule has 0 aliphatic heterocycles. The highest BCUT2D eigenvalue weighted by Crippen LogP contribution is 2.39. The Morgan fingerprint density at radius 1 is 1.10 bits per heavy atom. The van der Waals surface area contributed by atoms with Crippen molar-refractivity contribution in [3.05, 3.63) is 82.9 Å². The molecule has 31 heavy (non-hydrogen) atoms. The van der Waals surface area contributed by atoms with E-state index in [0.29, 0.717) is 33.7 Å². The third kappa shape index (κ3) is 4.81. The first-order valence-corrected chi connectivity index (χ1v) is 10.9. The number of carbonyl (C=O) groups excluding carboxylic acids is 1. The largest absolute Gasteiger partial charge is 0.494 e. The van der Waals surface area contributed by atoms with Crippen LogP contribution in [0, 0.1) is 6.92 Å². The van der Waals surface area contributed by atoms with Crippen LogP contribution in [0.3, 0.4) is 0 Å². The monoisotopic (exact) mass is 452 g/mol. The summed E-state index contributed by atoms with van der Waals surface area (Å²) in [5.41, 5.74) is 2.70. The van der Waals surface area contributed by atoms with Crippen molar-refractivity contribution in [1.82, 2.24) is 4.98 Å². The van der Waals surface area contributed by atoms with Crippen molar-refractivity contribution in [3.8, 4) is 11.5 Å². The molecule has 0 aliphatic carbocycles. The minimum atomic E-state index is -0.195. The van der Waals surface area contributed by atoms with Crippen LogP contribution in [-0.2, 0) is 11.3 Å². The number of hydrogen-bond donors (Lipinski definition) is 0. The molecule has 1 heterocycles. The molecule has 0 saturated heterocycles. The lowest BCUT2D eigenvalue weighted by molar-refractivity contribution is -0.120. The maximum atomic E-state index is 13.2. The van der Waals surface area contributed by atoms with Crippen LogP contribution in [0.2, 0.25) is 5.02 Å². The van der Waals surface area contributed by atoms with Crippen molar-refractivity contribution in [2.75, 3.05) is 18.6 Å². The third-order valence-corrected chi connectivity index (χ3v) is 6.27. The van der Waals surface area contributed by atoms with E-state index in [2.05, 4.69) is 4.98 Å². The molecule has 7 heteroatoms. The number of halogens is 1. The Morgan fingerprint density at radius 2 is 1.90 bits per heavy atom. The molecule has 0 bridgehead atoms. The Bertz CT molecular complexity index is 1210. The number of rotatable bonds is 7. The van der Waals surface area contributed by atoms with Gasteiger partial charge in [-0.1, -0.05) is 65.4 Å². The molecule has 5 nitrogen and oxygen atoms in total. The van der Waals surface area contributed by atoms with Gasteiger partial charge in [-0.05, 0) is 42.3 Å². The van der Waals surface area contributed by atoms with E-state index in [4.69, 9.17) is 21.1 Å². The highest BCUT2D eigenvalue weighted by molar-refractivity contribution is 7.23. The van der Waals surface area contributed by atoms with Crippen molar-refractivity contribution in [1.29, 1.82) is 0 Å². The number of anilines is 1. The van der Waals surface area contributed by atoms with Crippen LogP contribution in [0.25, 0.3) is 10.2 Å². The predicted molar refractivity (Wildman–Crippen MR) is 125 cm³/mol. The highest BCUT2D eigenvalue weighted by atomic mass is 35.5. The minimum Gasteiger partial charge on any atom is -0.494 e. The number of ether oxygens (including phenoxy) is 2. The first kappa shape index (κ1) is 21.2. The zero-order chi connectivity index (χ0) is 21.8. The van der Waals surface area contributed by atoms with Gasteiger partial charge in [0.25, 0.3) is 5.91 Å². The van der Waals surface area contributed by atoms with Gasteiger partial charge in [-0.2, -0.15) is 0 Å². The molecule has 0 fully saturated rings. The average molecular weight is 453 g/mol. The number of nitrogens with zero attached hydrogens (tertiary/aromatic N) is 2. The fraction of sp³-hybridized carbons (Fsp3) is 0.167. The number of hydrogen-bond acceptors (Lipinski definition) is 5. The summed E-state index contributed by atoms with van der Waals surface area (Å²) >= 11 is 7.75. The molecule has 0 aliphatic rings. The summed E-state index contributed by atoms with van der Waals surface area (Å²) in [6.45, 7) is 2.25. The molecular weight excluding hydrogens is 432 g/mol. The van der Waals surface area contributed by atoms with Gasteiger partial charge in [0.2, 0.25) is 0 Å². The number of benzene rings is 3. The van der Waals surface area contributed by atoms with E-state index in [0.717, 1.165) is 15.8 Å². The van der Waals surface area contributed by atoms with Crippen LogP contribution in [0.15, 0.2) is 66.7 Å². The van der Waals surface area contributed by atoms with Gasteiger partial charge in [-0.15, -0.1) is 0 Å². The maximum Gasteiger partial charge on any atom is 0.267 e. The van der Waals surface area contributed by atoms with Gasteiger partial charge >= 0.3 is 0 Å². The molecule has 0 unspecified atom stereocenters. The lowest BCUT2D eigenvalue weighted by Crippen LogP contribution is -2.34. The Hall–Kier alpha value is -3.09. The first-order valence-electron chi connectivity index (χ1n) is 9.72. The summed E-state index contributed by atoms with van der Waals surface area (Å²) in [7, 11) is 1.59. The number of thiazole rings is 1. The number of aromatic nitrogens is 1. The molecular formula is C24H21ClN2O3S. The second-order valence-corrected chi connectivity index (χ2v) is 8.38. The van der Waals surface area contributed by atoms with Crippen LogP contribution in [0.1, 0.15) is 11.1 Å². The van der Waals surface area contributed by atoms with Crippen molar-refractivity contribution in [3.63, 3.8) is 0 Å². The van der Waals surface area contributed by atoms with Crippen LogP contribution in [-0.4, -0.2) is 24.6 Å². The standard InChI is InChI=1S/C24H21ClN2O3S/c1-16-7-6-10-18(13-16)30-15-21(28)27(14-17-8-4-3-5-9-17)24-26-22-20(29-2)12-11-19(25)23(22)31-24/h3-13H,14-15H2,1-2H3. The SMILES string of the molecule is COc1ccc(Cl)c2sc(N(Cc3ccccc3)C(=O)COc3cccc(C)c3)nc12. The Morgan fingerprint density at radius 3 is 2.65 bits per heavy atom. The van der Waals surface area contributed by atoms with E-state index in [1.807, 2.05) is 61.5 Å². The van der Waals surface area contributed by atoms with E-state index in [-0.39, 0.29) is 12.5 Å². The fourth-order valence-electron chi connectivity index (χ4n) is 3.18. The summed E-state index contributed by atoms with van der Waals surface area (Å²) in [5.74, 6) is 1.08. The lowest BCUT2D eigenvalue weighted by atomic mass is 10.2. The number of carbonyl (C=O) groups is 1. The third-order valence-electron chi connectivity index (χ3n) is 4.73. The molecule has 1 aromatic heterocycles. The summed E-state index contributed by atoms with van der Waals surface area (Å²) in [5, 5.41) is 1.12. The van der Waals surface area contributed by atoms with Crippen LogP contribution in [0.5, 0.6) is 11.5 Å². The van der Waals surface area contributed by atoms with Gasteiger partial charge in [0, 0.05) is 0 Å². The average Bonchev–Trinajstić information content (AvgIpc) is 3.23. The number of aryl methyl sites for hydroxylation is 1. The Kier molecular flexibility index (Phi) is 6.39. The van der Waals surface area contributed by atoms with Crippen LogP contribution in [0.4, 0.5) is 5.13 Å². The fourth-order valence-corrected chi connectivity index (χ4v) is 4.45. The van der Waals surface area contributed by atoms with Gasteiger partial charge in [0.05, 0.1) is 23.4 Å². The minimum absolute atomic E-state index is 0.100. The van der Waals surface area contributed by atoms with Gasteiger partial charge in [0.1, 0.15) is 17.0 Å². The predicted octanol–water partition coefficient (Wildman–Crippen LogP) is 5.88. The van der Waals surface area contributed by atoms with Crippen molar-refractivity contribution < 1.29 is 14.3 Å². The molecule has 4 aromatic rings. The molecule has 0 radical (unpaired) electrons. The smallest absolute Gasteiger partial charge is 0.267 e. The molecule has 158 valence electrons. The van der Waals surface area contributed by atoms with E-state index < -0.39 is 0 Å². The molecule has 1 amide bonds. The van der Waals surface area contributed by atoms with E-state index >= 15 is 0 Å².